The molecule has 1 saturated carbocycles. The minimum atomic E-state index is -0.636. The number of hydrogen-bond donors (Lipinski definition) is 1. The molecular weight excluding hydrogens is 180 g/mol. The van der Waals surface area contributed by atoms with Gasteiger partial charge in [0.05, 0.1) is 0 Å². The van der Waals surface area contributed by atoms with Gasteiger partial charge in [0.1, 0.15) is 6.10 Å². The monoisotopic (exact) mass is 198 g/mol. The first-order chi connectivity index (χ1) is 6.75. The lowest BCUT2D eigenvalue weighted by Gasteiger charge is -2.22. The zero-order chi connectivity index (χ0) is 9.97. The maximum Gasteiger partial charge on any atom is 0.404 e. The predicted molar refractivity (Wildman–Crippen MR) is 52.9 cm³/mol. The summed E-state index contributed by atoms with van der Waals surface area (Å²) in [7, 11) is 0. The average molecular weight is 198 g/mol. The molecule has 0 aromatic carbocycles. The van der Waals surface area contributed by atoms with E-state index in [1.165, 1.54) is 25.7 Å². The Morgan fingerprint density at radius 3 is 2.64 bits per heavy atom. The molecule has 2 fully saturated rings. The molecule has 1 heterocycles. The molecule has 1 aliphatic heterocycles. The molecule has 2 rings (SSSR count). The Hall–Kier alpha value is -0.770. The van der Waals surface area contributed by atoms with Crippen molar-refractivity contribution in [3.05, 3.63) is 0 Å². The zero-order valence-electron chi connectivity index (χ0n) is 8.45. The number of ether oxygens (including phenoxy) is 1. The molecule has 1 atom stereocenters. The van der Waals surface area contributed by atoms with Gasteiger partial charge in [0.2, 0.25) is 0 Å². The van der Waals surface area contributed by atoms with Gasteiger partial charge in [-0.3, -0.25) is 4.90 Å². The lowest BCUT2D eigenvalue weighted by atomic mass is 10.2. The predicted octanol–water partition coefficient (Wildman–Crippen LogP) is 1.10. The Labute approximate surface area is 84.4 Å². The second-order valence-corrected chi connectivity index (χ2v) is 4.28. The van der Waals surface area contributed by atoms with E-state index in [1.807, 2.05) is 0 Å². The highest BCUT2D eigenvalue weighted by Crippen LogP contribution is 2.27. The highest BCUT2D eigenvalue weighted by Gasteiger charge is 2.31. The van der Waals surface area contributed by atoms with Crippen LogP contribution in [0.4, 0.5) is 4.79 Å². The molecule has 0 bridgehead atoms. The molecule has 1 saturated heterocycles. The summed E-state index contributed by atoms with van der Waals surface area (Å²) in [5, 5.41) is 0. The summed E-state index contributed by atoms with van der Waals surface area (Å²) in [6, 6.07) is 0.733. The standard InChI is InChI=1S/C10H18N2O2/c11-10(13)14-9-5-6-12(7-9)8-3-1-2-4-8/h8-9H,1-7H2,(H2,11,13)/t9-/m0/s1. The minimum absolute atomic E-state index is 0.0353. The van der Waals surface area contributed by atoms with Crippen LogP contribution in [0.2, 0.25) is 0 Å². The molecule has 0 unspecified atom stereocenters. The highest BCUT2D eigenvalue weighted by molar-refractivity contribution is 5.64. The second-order valence-electron chi connectivity index (χ2n) is 4.28. The third kappa shape index (κ3) is 2.18. The topological polar surface area (TPSA) is 55.6 Å². The van der Waals surface area contributed by atoms with Crippen LogP contribution in [0.15, 0.2) is 0 Å². The van der Waals surface area contributed by atoms with Gasteiger partial charge in [-0.25, -0.2) is 4.79 Å². The van der Waals surface area contributed by atoms with Crippen molar-refractivity contribution in [2.75, 3.05) is 13.1 Å². The van der Waals surface area contributed by atoms with E-state index in [1.54, 1.807) is 0 Å². The molecule has 1 aliphatic carbocycles. The summed E-state index contributed by atoms with van der Waals surface area (Å²) in [6.07, 6.45) is 5.66. The van der Waals surface area contributed by atoms with E-state index < -0.39 is 6.09 Å². The normalized spacial score (nSPS) is 29.6. The van der Waals surface area contributed by atoms with E-state index in [0.717, 1.165) is 25.6 Å². The molecule has 0 radical (unpaired) electrons. The Bertz CT molecular complexity index is 214. The van der Waals surface area contributed by atoms with Crippen molar-refractivity contribution in [1.82, 2.24) is 4.90 Å². The Balaban J connectivity index is 1.78. The van der Waals surface area contributed by atoms with Gasteiger partial charge in [-0.05, 0) is 19.3 Å². The number of carbonyl (C=O) groups excluding carboxylic acids is 1. The lowest BCUT2D eigenvalue weighted by Crippen LogP contribution is -2.33. The fourth-order valence-corrected chi connectivity index (χ4v) is 2.62. The maximum atomic E-state index is 10.6. The van der Waals surface area contributed by atoms with Gasteiger partial charge < -0.3 is 10.5 Å². The Kier molecular flexibility index (Phi) is 2.91. The SMILES string of the molecule is NC(=O)O[C@H]1CCN(C2CCCC2)C1. The smallest absolute Gasteiger partial charge is 0.404 e. The van der Waals surface area contributed by atoms with Gasteiger partial charge in [0.25, 0.3) is 0 Å². The van der Waals surface area contributed by atoms with Crippen molar-refractivity contribution < 1.29 is 9.53 Å². The molecule has 0 spiro atoms. The molecule has 14 heavy (non-hydrogen) atoms. The zero-order valence-corrected chi connectivity index (χ0v) is 8.45. The van der Waals surface area contributed by atoms with E-state index in [0.29, 0.717) is 0 Å². The molecule has 1 amide bonds. The summed E-state index contributed by atoms with van der Waals surface area (Å²) >= 11 is 0. The minimum Gasteiger partial charge on any atom is -0.445 e. The number of likely N-dealkylation sites (tertiary alicyclic amines) is 1. The molecular formula is C10H18N2O2. The van der Waals surface area contributed by atoms with E-state index in [4.69, 9.17) is 10.5 Å². The van der Waals surface area contributed by atoms with Gasteiger partial charge in [0, 0.05) is 19.1 Å². The van der Waals surface area contributed by atoms with Crippen LogP contribution in [-0.4, -0.2) is 36.2 Å². The van der Waals surface area contributed by atoms with Crippen LogP contribution >= 0.6 is 0 Å². The largest absolute Gasteiger partial charge is 0.445 e. The van der Waals surface area contributed by atoms with Crippen molar-refractivity contribution in [2.24, 2.45) is 5.73 Å². The van der Waals surface area contributed by atoms with Crippen LogP contribution in [0.3, 0.4) is 0 Å². The summed E-state index contributed by atoms with van der Waals surface area (Å²) in [5.41, 5.74) is 4.99. The molecule has 0 aromatic rings. The summed E-state index contributed by atoms with van der Waals surface area (Å²) in [5.74, 6) is 0. The van der Waals surface area contributed by atoms with Crippen molar-refractivity contribution >= 4 is 6.09 Å². The number of hydrogen-bond acceptors (Lipinski definition) is 3. The van der Waals surface area contributed by atoms with Gasteiger partial charge in [-0.15, -0.1) is 0 Å². The Morgan fingerprint density at radius 1 is 1.29 bits per heavy atom. The van der Waals surface area contributed by atoms with Crippen molar-refractivity contribution in [3.8, 4) is 0 Å². The number of amides is 1. The fraction of sp³-hybridized carbons (Fsp3) is 0.900. The molecule has 2 N–H and O–H groups in total. The van der Waals surface area contributed by atoms with Crippen molar-refractivity contribution in [1.29, 1.82) is 0 Å². The van der Waals surface area contributed by atoms with Crippen LogP contribution in [0, 0.1) is 0 Å². The molecule has 0 aromatic heterocycles. The van der Waals surface area contributed by atoms with Crippen LogP contribution in [0.5, 0.6) is 0 Å². The Morgan fingerprint density at radius 2 is 2.00 bits per heavy atom. The first-order valence-corrected chi connectivity index (χ1v) is 5.46. The second kappa shape index (κ2) is 4.17. The number of primary amides is 1. The summed E-state index contributed by atoms with van der Waals surface area (Å²) < 4.78 is 5.00. The fourth-order valence-electron chi connectivity index (χ4n) is 2.62. The van der Waals surface area contributed by atoms with E-state index in [-0.39, 0.29) is 6.10 Å². The molecule has 2 aliphatic rings. The molecule has 4 heteroatoms. The van der Waals surface area contributed by atoms with Crippen LogP contribution in [-0.2, 0) is 4.74 Å². The van der Waals surface area contributed by atoms with Gasteiger partial charge in [0.15, 0.2) is 0 Å². The third-order valence-electron chi connectivity index (χ3n) is 3.30. The lowest BCUT2D eigenvalue weighted by molar-refractivity contribution is 0.105. The summed E-state index contributed by atoms with van der Waals surface area (Å²) in [4.78, 5) is 13.0. The number of carbonyl (C=O) groups is 1. The van der Waals surface area contributed by atoms with Crippen molar-refractivity contribution in [2.45, 2.75) is 44.2 Å². The van der Waals surface area contributed by atoms with E-state index in [2.05, 4.69) is 4.90 Å². The molecule has 4 nitrogen and oxygen atoms in total. The van der Waals surface area contributed by atoms with Crippen LogP contribution in [0.1, 0.15) is 32.1 Å². The first kappa shape index (κ1) is 9.77. The van der Waals surface area contributed by atoms with E-state index in [9.17, 15) is 4.79 Å². The number of nitrogens with zero attached hydrogens (tertiary/aromatic N) is 1. The number of nitrogens with two attached hydrogens (primary N) is 1. The third-order valence-corrected chi connectivity index (χ3v) is 3.30. The first-order valence-electron chi connectivity index (χ1n) is 5.46. The van der Waals surface area contributed by atoms with E-state index >= 15 is 0 Å². The van der Waals surface area contributed by atoms with Crippen molar-refractivity contribution in [3.63, 3.8) is 0 Å². The van der Waals surface area contributed by atoms with Gasteiger partial charge in [-0.2, -0.15) is 0 Å². The summed E-state index contributed by atoms with van der Waals surface area (Å²) in [6.45, 7) is 1.94. The van der Waals surface area contributed by atoms with Gasteiger partial charge >= 0.3 is 6.09 Å². The molecule has 80 valence electrons. The highest BCUT2D eigenvalue weighted by atomic mass is 16.6. The maximum absolute atomic E-state index is 10.6. The van der Waals surface area contributed by atoms with Gasteiger partial charge in [-0.1, -0.05) is 12.8 Å². The average Bonchev–Trinajstić information content (AvgIpc) is 2.69. The quantitative estimate of drug-likeness (QED) is 0.722. The van der Waals surface area contributed by atoms with Crippen LogP contribution < -0.4 is 5.73 Å². The van der Waals surface area contributed by atoms with Crippen LogP contribution in [0.25, 0.3) is 0 Å². The number of rotatable bonds is 2.